The van der Waals surface area contributed by atoms with Gasteiger partial charge in [0.1, 0.15) is 5.82 Å². The Balaban J connectivity index is 0.00000576. The zero-order valence-corrected chi connectivity index (χ0v) is 15.4. The second-order valence-corrected chi connectivity index (χ2v) is 5.92. The van der Waals surface area contributed by atoms with Crippen molar-refractivity contribution in [2.45, 2.75) is 44.9 Å². The van der Waals surface area contributed by atoms with Crippen LogP contribution >= 0.6 is 12.4 Å². The van der Waals surface area contributed by atoms with E-state index in [0.717, 1.165) is 4.57 Å². The lowest BCUT2D eigenvalue weighted by molar-refractivity contribution is -0.272. The molecule has 0 aliphatic carbocycles. The molecule has 0 fully saturated rings. The maximum atomic E-state index is 13.4. The number of hydrogen-bond acceptors (Lipinski definition) is 4. The first-order chi connectivity index (χ1) is 11.1. The summed E-state index contributed by atoms with van der Waals surface area (Å²) in [5.41, 5.74) is 1.71. The number of imidazole rings is 1. The Morgan fingerprint density at radius 2 is 1.92 bits per heavy atom. The van der Waals surface area contributed by atoms with Gasteiger partial charge in [0.15, 0.2) is 0 Å². The molecule has 1 unspecified atom stereocenters. The lowest BCUT2D eigenvalue weighted by atomic mass is 9.81. The van der Waals surface area contributed by atoms with Crippen LogP contribution in [0.1, 0.15) is 38.9 Å². The van der Waals surface area contributed by atoms with E-state index < -0.39 is 35.3 Å². The summed E-state index contributed by atoms with van der Waals surface area (Å²) in [5.74, 6) is -0.917. The van der Waals surface area contributed by atoms with Crippen molar-refractivity contribution < 1.29 is 23.1 Å². The van der Waals surface area contributed by atoms with E-state index in [1.165, 1.54) is 19.4 Å². The van der Waals surface area contributed by atoms with Crippen molar-refractivity contribution in [1.29, 1.82) is 0 Å². The molecular formula is C15H26ClF3N4O2. The number of amides is 1. The number of aliphatic hydroxyl groups is 1. The SMILES string of the molecule is CCC(CC)(CN)C(=O)NCCC(O)(c1nccn1C)C(F)(F)F.Cl. The number of hydrogen-bond donors (Lipinski definition) is 3. The first kappa shape index (κ1) is 23.7. The van der Waals surface area contributed by atoms with Gasteiger partial charge >= 0.3 is 6.18 Å². The van der Waals surface area contributed by atoms with Gasteiger partial charge in [0.25, 0.3) is 0 Å². The van der Waals surface area contributed by atoms with Gasteiger partial charge in [-0.1, -0.05) is 13.8 Å². The Morgan fingerprint density at radius 1 is 1.36 bits per heavy atom. The minimum atomic E-state index is -4.92. The molecule has 1 aromatic rings. The topological polar surface area (TPSA) is 93.2 Å². The predicted molar refractivity (Wildman–Crippen MR) is 90.1 cm³/mol. The number of carbonyl (C=O) groups excluding carboxylic acids is 1. The van der Waals surface area contributed by atoms with Crippen molar-refractivity contribution >= 4 is 18.3 Å². The summed E-state index contributed by atoms with van der Waals surface area (Å²) >= 11 is 0. The Morgan fingerprint density at radius 3 is 2.28 bits per heavy atom. The van der Waals surface area contributed by atoms with Crippen LogP contribution in [0, 0.1) is 5.41 Å². The standard InChI is InChI=1S/C15H25F3N4O2.ClH/c1-4-13(5-2,10-19)12(23)21-7-6-14(24,15(16,17)18)11-20-8-9-22(11)3;/h8-9,24H,4-7,10,19H2,1-3H3,(H,21,23);1H. The van der Waals surface area contributed by atoms with Crippen molar-refractivity contribution in [2.24, 2.45) is 18.2 Å². The molecule has 0 aromatic carbocycles. The van der Waals surface area contributed by atoms with E-state index in [1.54, 1.807) is 13.8 Å². The van der Waals surface area contributed by atoms with E-state index in [1.807, 2.05) is 0 Å². The number of rotatable bonds is 8. The number of aromatic nitrogens is 2. The first-order valence-corrected chi connectivity index (χ1v) is 7.83. The lowest BCUT2D eigenvalue weighted by Gasteiger charge is -2.32. The van der Waals surface area contributed by atoms with Crippen LogP contribution in [0.25, 0.3) is 0 Å². The van der Waals surface area contributed by atoms with E-state index in [0.29, 0.717) is 12.8 Å². The van der Waals surface area contributed by atoms with Crippen LogP contribution in [0.15, 0.2) is 12.4 Å². The average molecular weight is 387 g/mol. The minimum absolute atomic E-state index is 0. The highest BCUT2D eigenvalue weighted by Crippen LogP contribution is 2.40. The molecule has 1 heterocycles. The second kappa shape index (κ2) is 8.86. The third-order valence-corrected chi connectivity index (χ3v) is 4.66. The van der Waals surface area contributed by atoms with Gasteiger partial charge in [-0.15, -0.1) is 12.4 Å². The number of nitrogens with one attached hydrogen (secondary N) is 1. The highest BCUT2D eigenvalue weighted by molar-refractivity contribution is 5.85. The molecule has 0 aliphatic rings. The van der Waals surface area contributed by atoms with E-state index in [2.05, 4.69) is 10.3 Å². The molecule has 0 saturated heterocycles. The van der Waals surface area contributed by atoms with Gasteiger partial charge in [0.2, 0.25) is 11.5 Å². The fourth-order valence-electron chi connectivity index (χ4n) is 2.64. The van der Waals surface area contributed by atoms with Crippen LogP contribution in [0.2, 0.25) is 0 Å². The second-order valence-electron chi connectivity index (χ2n) is 5.92. The highest BCUT2D eigenvalue weighted by Gasteiger charge is 2.57. The van der Waals surface area contributed by atoms with Crippen molar-refractivity contribution in [2.75, 3.05) is 13.1 Å². The Hall–Kier alpha value is -1.32. The molecular weight excluding hydrogens is 361 g/mol. The van der Waals surface area contributed by atoms with Crippen molar-refractivity contribution in [3.63, 3.8) is 0 Å². The molecule has 0 aliphatic heterocycles. The predicted octanol–water partition coefficient (Wildman–Crippen LogP) is 1.86. The van der Waals surface area contributed by atoms with E-state index in [4.69, 9.17) is 5.73 Å². The maximum absolute atomic E-state index is 13.4. The summed E-state index contributed by atoms with van der Waals surface area (Å²) in [7, 11) is 1.37. The molecule has 4 N–H and O–H groups in total. The zero-order valence-electron chi connectivity index (χ0n) is 14.6. The fourth-order valence-corrected chi connectivity index (χ4v) is 2.64. The van der Waals surface area contributed by atoms with Gasteiger partial charge in [0, 0.05) is 39.0 Å². The van der Waals surface area contributed by atoms with E-state index in [9.17, 15) is 23.1 Å². The minimum Gasteiger partial charge on any atom is -0.374 e. The van der Waals surface area contributed by atoms with E-state index in [-0.39, 0.29) is 25.5 Å². The zero-order chi connectivity index (χ0) is 18.6. The van der Waals surface area contributed by atoms with Gasteiger partial charge in [-0.05, 0) is 12.8 Å². The number of carbonyl (C=O) groups is 1. The molecule has 25 heavy (non-hydrogen) atoms. The molecule has 1 aromatic heterocycles. The van der Waals surface area contributed by atoms with Crippen LogP contribution in [0.4, 0.5) is 13.2 Å². The third kappa shape index (κ3) is 4.65. The number of aryl methyl sites for hydroxylation is 1. The Labute approximate surface area is 151 Å². The normalized spacial score (nSPS) is 14.6. The molecule has 6 nitrogen and oxygen atoms in total. The smallest absolute Gasteiger partial charge is 0.374 e. The molecule has 1 rings (SSSR count). The molecule has 0 saturated carbocycles. The summed E-state index contributed by atoms with van der Waals surface area (Å²) < 4.78 is 41.2. The molecule has 10 heteroatoms. The lowest BCUT2D eigenvalue weighted by Crippen LogP contribution is -2.49. The molecule has 1 amide bonds. The van der Waals surface area contributed by atoms with Gasteiger partial charge in [-0.25, -0.2) is 4.98 Å². The summed E-state index contributed by atoms with van der Waals surface area (Å²) in [5, 5.41) is 12.7. The number of nitrogens with zero attached hydrogens (tertiary/aromatic N) is 2. The van der Waals surface area contributed by atoms with Crippen LogP contribution in [-0.2, 0) is 17.4 Å². The largest absolute Gasteiger partial charge is 0.424 e. The molecule has 0 bridgehead atoms. The van der Waals surface area contributed by atoms with Crippen LogP contribution in [-0.4, -0.2) is 39.8 Å². The average Bonchev–Trinajstić information content (AvgIpc) is 2.95. The molecule has 146 valence electrons. The van der Waals surface area contributed by atoms with Crippen molar-refractivity contribution in [3.8, 4) is 0 Å². The summed E-state index contributed by atoms with van der Waals surface area (Å²) in [4.78, 5) is 15.9. The van der Waals surface area contributed by atoms with Gasteiger partial charge in [-0.2, -0.15) is 13.2 Å². The third-order valence-electron chi connectivity index (χ3n) is 4.66. The number of alkyl halides is 3. The van der Waals surface area contributed by atoms with Crippen LogP contribution in [0.5, 0.6) is 0 Å². The molecule has 1 atom stereocenters. The summed E-state index contributed by atoms with van der Waals surface area (Å²) in [6.45, 7) is 3.37. The van der Waals surface area contributed by atoms with E-state index >= 15 is 0 Å². The van der Waals surface area contributed by atoms with Gasteiger partial charge in [-0.3, -0.25) is 4.79 Å². The number of halogens is 4. The van der Waals surface area contributed by atoms with Crippen molar-refractivity contribution in [1.82, 2.24) is 14.9 Å². The molecule has 0 spiro atoms. The Bertz CT molecular complexity index is 553. The van der Waals surface area contributed by atoms with Crippen LogP contribution in [0.3, 0.4) is 0 Å². The number of nitrogens with two attached hydrogens (primary N) is 1. The quantitative estimate of drug-likeness (QED) is 0.635. The fraction of sp³-hybridized carbons (Fsp3) is 0.733. The summed E-state index contributed by atoms with van der Waals surface area (Å²) in [6, 6.07) is 0. The monoisotopic (exact) mass is 386 g/mol. The van der Waals surface area contributed by atoms with Crippen molar-refractivity contribution in [3.05, 3.63) is 18.2 Å². The van der Waals surface area contributed by atoms with Gasteiger partial charge < -0.3 is 20.7 Å². The summed E-state index contributed by atoms with van der Waals surface area (Å²) in [6.07, 6.45) is -2.20. The maximum Gasteiger partial charge on any atom is 0.424 e. The highest BCUT2D eigenvalue weighted by atomic mass is 35.5. The Kier molecular flexibility index (Phi) is 8.40. The van der Waals surface area contributed by atoms with Gasteiger partial charge in [0.05, 0.1) is 5.41 Å². The van der Waals surface area contributed by atoms with Crippen LogP contribution < -0.4 is 11.1 Å². The molecule has 0 radical (unpaired) electrons. The first-order valence-electron chi connectivity index (χ1n) is 7.83.